The number of aromatic nitrogens is 1. The summed E-state index contributed by atoms with van der Waals surface area (Å²) in [7, 11) is -0.962. The molecule has 2 aromatic carbocycles. The number of rotatable bonds is 4. The highest BCUT2D eigenvalue weighted by Gasteiger charge is 2.03. The molecule has 0 bridgehead atoms. The number of hydrogen-bond donors (Lipinski definition) is 1. The number of hydrogen-bond acceptors (Lipinski definition) is 3. The van der Waals surface area contributed by atoms with Crippen LogP contribution < -0.4 is 5.32 Å². The average Bonchev–Trinajstić information content (AvgIpc) is 2.53. The van der Waals surface area contributed by atoms with Crippen molar-refractivity contribution in [3.05, 3.63) is 66.4 Å². The molecule has 0 fully saturated rings. The maximum absolute atomic E-state index is 11.5. The van der Waals surface area contributed by atoms with Crippen LogP contribution >= 0.6 is 0 Å². The van der Waals surface area contributed by atoms with E-state index < -0.39 is 10.8 Å². The van der Waals surface area contributed by atoms with Crippen LogP contribution in [0.2, 0.25) is 0 Å². The smallest absolute Gasteiger partial charge is 0.0751 e. The van der Waals surface area contributed by atoms with E-state index in [1.165, 1.54) is 0 Å². The Morgan fingerprint density at radius 3 is 2.76 bits per heavy atom. The fourth-order valence-corrected chi connectivity index (χ4v) is 2.86. The molecule has 1 atom stereocenters. The number of para-hydroxylation sites is 1. The molecule has 4 heteroatoms. The molecule has 3 nitrogen and oxygen atoms in total. The number of nitrogens with one attached hydrogen (secondary N) is 1. The second-order valence-electron chi connectivity index (χ2n) is 4.83. The Hall–Kier alpha value is -2.20. The molecular weight excluding hydrogens is 280 g/mol. The fraction of sp³-hybridized carbons (Fsp3) is 0.118. The number of nitrogens with zero attached hydrogens (tertiary/aromatic N) is 1. The lowest BCUT2D eigenvalue weighted by Gasteiger charge is -2.09. The average molecular weight is 296 g/mol. The third-order valence-electron chi connectivity index (χ3n) is 3.37. The van der Waals surface area contributed by atoms with Gasteiger partial charge in [-0.25, -0.2) is 0 Å². The van der Waals surface area contributed by atoms with Gasteiger partial charge >= 0.3 is 0 Å². The van der Waals surface area contributed by atoms with Gasteiger partial charge in [-0.05, 0) is 29.8 Å². The molecule has 0 unspecified atom stereocenters. The normalized spacial score (nSPS) is 12.2. The molecule has 0 aliphatic rings. The van der Waals surface area contributed by atoms with E-state index >= 15 is 0 Å². The zero-order valence-corrected chi connectivity index (χ0v) is 12.6. The first-order chi connectivity index (χ1) is 10.2. The number of pyridine rings is 1. The topological polar surface area (TPSA) is 42.0 Å². The fourth-order valence-electron chi connectivity index (χ4n) is 2.29. The number of fused-ring (bicyclic) bond motifs is 1. The van der Waals surface area contributed by atoms with Crippen molar-refractivity contribution in [2.24, 2.45) is 0 Å². The molecule has 0 saturated carbocycles. The summed E-state index contributed by atoms with van der Waals surface area (Å²) in [5.41, 5.74) is 3.13. The summed E-state index contributed by atoms with van der Waals surface area (Å²) in [5.74, 6) is 0. The van der Waals surface area contributed by atoms with Crippen LogP contribution in [0.5, 0.6) is 0 Å². The molecular formula is C17H16N2OS. The molecule has 3 rings (SSSR count). The summed E-state index contributed by atoms with van der Waals surface area (Å²) in [4.78, 5) is 5.28. The van der Waals surface area contributed by atoms with Gasteiger partial charge in [0, 0.05) is 45.8 Å². The summed E-state index contributed by atoms with van der Waals surface area (Å²) >= 11 is 0. The van der Waals surface area contributed by atoms with E-state index in [4.69, 9.17) is 0 Å². The van der Waals surface area contributed by atoms with Gasteiger partial charge in [0.05, 0.1) is 5.52 Å². The maximum atomic E-state index is 11.5. The van der Waals surface area contributed by atoms with E-state index in [9.17, 15) is 4.21 Å². The quantitative estimate of drug-likeness (QED) is 0.800. The van der Waals surface area contributed by atoms with E-state index in [1.54, 1.807) is 6.26 Å². The van der Waals surface area contributed by atoms with Crippen LogP contribution in [-0.2, 0) is 17.3 Å². The van der Waals surface area contributed by atoms with Gasteiger partial charge in [0.1, 0.15) is 0 Å². The predicted octanol–water partition coefficient (Wildman–Crippen LogP) is 3.58. The zero-order valence-electron chi connectivity index (χ0n) is 11.7. The van der Waals surface area contributed by atoms with Crippen LogP contribution in [0, 0.1) is 0 Å². The Kier molecular flexibility index (Phi) is 3.97. The first-order valence-corrected chi connectivity index (χ1v) is 8.30. The summed E-state index contributed by atoms with van der Waals surface area (Å²) in [5, 5.41) is 4.51. The van der Waals surface area contributed by atoms with Crippen molar-refractivity contribution in [3.63, 3.8) is 0 Å². The van der Waals surface area contributed by atoms with Crippen molar-refractivity contribution >= 4 is 27.4 Å². The summed E-state index contributed by atoms with van der Waals surface area (Å²) < 4.78 is 11.5. The monoisotopic (exact) mass is 296 g/mol. The van der Waals surface area contributed by atoms with Crippen molar-refractivity contribution in [2.45, 2.75) is 11.4 Å². The summed E-state index contributed by atoms with van der Waals surface area (Å²) in [6, 6.07) is 17.9. The van der Waals surface area contributed by atoms with Crippen molar-refractivity contribution in [1.82, 2.24) is 4.98 Å². The molecule has 1 aromatic heterocycles. The second kappa shape index (κ2) is 6.06. The van der Waals surface area contributed by atoms with Crippen LogP contribution in [0.25, 0.3) is 10.9 Å². The lowest BCUT2D eigenvalue weighted by molar-refractivity contribution is 0.687. The first-order valence-electron chi connectivity index (χ1n) is 6.74. The van der Waals surface area contributed by atoms with Crippen molar-refractivity contribution in [1.29, 1.82) is 0 Å². The van der Waals surface area contributed by atoms with Crippen LogP contribution in [0.15, 0.2) is 65.7 Å². The van der Waals surface area contributed by atoms with Gasteiger partial charge < -0.3 is 5.32 Å². The third-order valence-corrected chi connectivity index (χ3v) is 4.28. The highest BCUT2D eigenvalue weighted by Crippen LogP contribution is 2.18. The number of anilines is 1. The minimum atomic E-state index is -0.962. The van der Waals surface area contributed by atoms with Crippen LogP contribution in [0.1, 0.15) is 5.56 Å². The molecule has 1 N–H and O–H groups in total. The highest BCUT2D eigenvalue weighted by molar-refractivity contribution is 7.84. The van der Waals surface area contributed by atoms with Gasteiger partial charge in [0.2, 0.25) is 0 Å². The molecule has 0 amide bonds. The lowest BCUT2D eigenvalue weighted by atomic mass is 10.1. The highest BCUT2D eigenvalue weighted by atomic mass is 32.2. The Bertz CT molecular complexity index is 796. The molecule has 21 heavy (non-hydrogen) atoms. The van der Waals surface area contributed by atoms with Gasteiger partial charge in [-0.1, -0.05) is 30.3 Å². The molecule has 1 heterocycles. The van der Waals surface area contributed by atoms with E-state index in [0.29, 0.717) is 6.54 Å². The zero-order chi connectivity index (χ0) is 14.7. The lowest BCUT2D eigenvalue weighted by Crippen LogP contribution is -2.01. The van der Waals surface area contributed by atoms with Crippen LogP contribution in [-0.4, -0.2) is 15.4 Å². The molecule has 0 aliphatic heterocycles. The van der Waals surface area contributed by atoms with Crippen molar-refractivity contribution < 1.29 is 4.21 Å². The molecule has 0 aliphatic carbocycles. The molecule has 0 radical (unpaired) electrons. The SMILES string of the molecule is C[S@@](=O)c1cccc(NCc2cccc3cccnc23)c1. The third kappa shape index (κ3) is 3.11. The van der Waals surface area contributed by atoms with Gasteiger partial charge in [0.25, 0.3) is 0 Å². The minimum absolute atomic E-state index is 0.689. The Labute approximate surface area is 126 Å². The molecule has 0 spiro atoms. The second-order valence-corrected chi connectivity index (χ2v) is 6.21. The maximum Gasteiger partial charge on any atom is 0.0751 e. The van der Waals surface area contributed by atoms with Gasteiger partial charge in [-0.3, -0.25) is 9.19 Å². The molecule has 106 valence electrons. The summed E-state index contributed by atoms with van der Waals surface area (Å²) in [6.07, 6.45) is 3.50. The molecule has 3 aromatic rings. The Morgan fingerprint density at radius 2 is 1.90 bits per heavy atom. The van der Waals surface area contributed by atoms with E-state index in [0.717, 1.165) is 27.0 Å². The molecule has 0 saturated heterocycles. The van der Waals surface area contributed by atoms with Crippen molar-refractivity contribution in [3.8, 4) is 0 Å². The van der Waals surface area contributed by atoms with Gasteiger partial charge in [-0.15, -0.1) is 0 Å². The Balaban J connectivity index is 1.84. The largest absolute Gasteiger partial charge is 0.381 e. The van der Waals surface area contributed by atoms with E-state index in [2.05, 4.69) is 28.5 Å². The van der Waals surface area contributed by atoms with Gasteiger partial charge in [0.15, 0.2) is 0 Å². The number of benzene rings is 2. The van der Waals surface area contributed by atoms with Crippen LogP contribution in [0.3, 0.4) is 0 Å². The minimum Gasteiger partial charge on any atom is -0.381 e. The van der Waals surface area contributed by atoms with Gasteiger partial charge in [-0.2, -0.15) is 0 Å². The van der Waals surface area contributed by atoms with E-state index in [-0.39, 0.29) is 0 Å². The standard InChI is InChI=1S/C17H16N2OS/c1-21(20)16-9-3-8-15(11-16)19-12-14-6-2-5-13-7-4-10-18-17(13)14/h2-11,19H,12H2,1H3/t21-/m1/s1. The Morgan fingerprint density at radius 1 is 1.10 bits per heavy atom. The summed E-state index contributed by atoms with van der Waals surface area (Å²) in [6.45, 7) is 0.689. The first kappa shape index (κ1) is 13.8. The predicted molar refractivity (Wildman–Crippen MR) is 87.8 cm³/mol. The van der Waals surface area contributed by atoms with Crippen LogP contribution in [0.4, 0.5) is 5.69 Å². The van der Waals surface area contributed by atoms with Crippen molar-refractivity contribution in [2.75, 3.05) is 11.6 Å². The van der Waals surface area contributed by atoms with E-state index in [1.807, 2.05) is 42.6 Å².